The average Bonchev–Trinajstić information content (AvgIpc) is 3.62. The third kappa shape index (κ3) is 4.60. The van der Waals surface area contributed by atoms with Crippen LogP contribution in [0.2, 0.25) is 0 Å². The fraction of sp³-hybridized carbons (Fsp3) is 0. The molecule has 0 aliphatic carbocycles. The molecule has 0 saturated heterocycles. The van der Waals surface area contributed by atoms with E-state index in [1.807, 2.05) is 0 Å². The van der Waals surface area contributed by atoms with Crippen LogP contribution in [0.3, 0.4) is 0 Å². The van der Waals surface area contributed by atoms with Crippen molar-refractivity contribution < 1.29 is 0 Å². The lowest BCUT2D eigenvalue weighted by atomic mass is 9.91. The molecule has 2 aliphatic heterocycles. The SMILES string of the molecule is C=P1(c2ccccc2)C(c2ccccc2)=C(c2ccccc2)c2cc3c(cc21)C(c1ccccc1)=C(c1ccccc1)P3(=C)c1ccccc1. The van der Waals surface area contributed by atoms with Gasteiger partial charge in [0.15, 0.2) is 0 Å². The fourth-order valence-electron chi connectivity index (χ4n) is 8.10. The summed E-state index contributed by atoms with van der Waals surface area (Å²) in [5.41, 5.74) is 10.1. The van der Waals surface area contributed by atoms with E-state index in [-0.39, 0.29) is 0 Å². The van der Waals surface area contributed by atoms with E-state index in [9.17, 15) is 0 Å². The highest BCUT2D eigenvalue weighted by Crippen LogP contribution is 2.69. The summed E-state index contributed by atoms with van der Waals surface area (Å²) < 4.78 is 0. The molecular formula is C48H36P2. The van der Waals surface area contributed by atoms with E-state index in [1.165, 1.54) is 76.4 Å². The van der Waals surface area contributed by atoms with Crippen LogP contribution in [0.5, 0.6) is 0 Å². The summed E-state index contributed by atoms with van der Waals surface area (Å²) in [5, 5.41) is 7.93. The van der Waals surface area contributed by atoms with E-state index >= 15 is 0 Å². The van der Waals surface area contributed by atoms with Crippen molar-refractivity contribution in [2.75, 3.05) is 0 Å². The monoisotopic (exact) mass is 674 g/mol. The zero-order valence-corrected chi connectivity index (χ0v) is 29.6. The van der Waals surface area contributed by atoms with E-state index in [4.69, 9.17) is 12.6 Å². The molecule has 0 fully saturated rings. The second-order valence-electron chi connectivity index (χ2n) is 13.1. The number of rotatable bonds is 6. The molecule has 0 N–H and O–H groups in total. The van der Waals surface area contributed by atoms with E-state index in [0.29, 0.717) is 0 Å². The van der Waals surface area contributed by atoms with Crippen molar-refractivity contribution in [1.29, 1.82) is 0 Å². The minimum Gasteiger partial charge on any atom is -0.0886 e. The molecule has 0 aromatic heterocycles. The summed E-state index contributed by atoms with van der Waals surface area (Å²) in [4.78, 5) is 0. The van der Waals surface area contributed by atoms with Gasteiger partial charge in [-0.05, 0) is 102 Å². The normalized spacial score (nSPS) is 19.4. The molecule has 0 nitrogen and oxygen atoms in total. The van der Waals surface area contributed by atoms with Crippen LogP contribution in [-0.2, 0) is 0 Å². The first-order chi connectivity index (χ1) is 24.6. The number of hydrogen-bond acceptors (Lipinski definition) is 0. The molecule has 0 saturated carbocycles. The van der Waals surface area contributed by atoms with Crippen molar-refractivity contribution in [3.63, 3.8) is 0 Å². The Hall–Kier alpha value is -5.38. The summed E-state index contributed by atoms with van der Waals surface area (Å²) in [6, 6.07) is 71.0. The number of benzene rings is 7. The first kappa shape index (κ1) is 30.7. The van der Waals surface area contributed by atoms with Gasteiger partial charge in [-0.3, -0.25) is 0 Å². The van der Waals surface area contributed by atoms with Crippen molar-refractivity contribution >= 4 is 69.4 Å². The molecular weight excluding hydrogens is 638 g/mol. The predicted molar refractivity (Wildman–Crippen MR) is 224 cm³/mol. The topological polar surface area (TPSA) is 0 Å². The Bertz CT molecular complexity index is 2350. The van der Waals surface area contributed by atoms with E-state index in [1.54, 1.807) is 0 Å². The molecule has 0 spiro atoms. The molecule has 2 aliphatic rings. The zero-order chi connectivity index (χ0) is 33.7. The van der Waals surface area contributed by atoms with Gasteiger partial charge in [0.25, 0.3) is 0 Å². The number of fused-ring (bicyclic) bond motifs is 2. The Morgan fingerprint density at radius 2 is 0.560 bits per heavy atom. The molecule has 2 heterocycles. The van der Waals surface area contributed by atoms with Crippen LogP contribution in [0.4, 0.5) is 0 Å². The zero-order valence-electron chi connectivity index (χ0n) is 27.8. The molecule has 0 bridgehead atoms. The second-order valence-corrected chi connectivity index (χ2v) is 19.2. The first-order valence-corrected chi connectivity index (χ1v) is 21.0. The fourth-order valence-corrected chi connectivity index (χ4v) is 15.3. The Morgan fingerprint density at radius 3 is 0.860 bits per heavy atom. The lowest BCUT2D eigenvalue weighted by Crippen LogP contribution is -2.22. The van der Waals surface area contributed by atoms with Crippen LogP contribution >= 0.6 is 13.8 Å². The molecule has 0 radical (unpaired) electrons. The molecule has 50 heavy (non-hydrogen) atoms. The summed E-state index contributed by atoms with van der Waals surface area (Å²) in [5.74, 6) is 0. The lowest BCUT2D eigenvalue weighted by Gasteiger charge is -2.28. The maximum atomic E-state index is 5.34. The quantitative estimate of drug-likeness (QED) is 0.154. The van der Waals surface area contributed by atoms with Gasteiger partial charge in [-0.2, -0.15) is 0 Å². The van der Waals surface area contributed by atoms with Crippen LogP contribution in [0, 0.1) is 0 Å². The Balaban J connectivity index is 1.46. The average molecular weight is 675 g/mol. The maximum absolute atomic E-state index is 5.34. The van der Waals surface area contributed by atoms with Crippen LogP contribution in [-0.4, -0.2) is 12.6 Å². The lowest BCUT2D eigenvalue weighted by molar-refractivity contribution is 1.56. The third-order valence-electron chi connectivity index (χ3n) is 10.3. The predicted octanol–water partition coefficient (Wildman–Crippen LogP) is 10.3. The highest BCUT2D eigenvalue weighted by molar-refractivity contribution is 7.97. The molecule has 238 valence electrons. The minimum atomic E-state index is -2.37. The second kappa shape index (κ2) is 12.2. The van der Waals surface area contributed by atoms with Crippen molar-refractivity contribution in [1.82, 2.24) is 0 Å². The molecule has 2 unspecified atom stereocenters. The molecule has 7 aromatic carbocycles. The molecule has 2 atom stereocenters. The molecule has 7 aromatic rings. The smallest absolute Gasteiger partial charge is 0.000882 e. The summed E-state index contributed by atoms with van der Waals surface area (Å²) >= 11 is 0. The van der Waals surface area contributed by atoms with Crippen molar-refractivity contribution in [2.45, 2.75) is 0 Å². The molecule has 2 heteroatoms. The van der Waals surface area contributed by atoms with E-state index in [2.05, 4.69) is 194 Å². The Morgan fingerprint density at radius 1 is 0.300 bits per heavy atom. The van der Waals surface area contributed by atoms with Crippen molar-refractivity contribution in [3.05, 3.63) is 228 Å². The van der Waals surface area contributed by atoms with Crippen LogP contribution in [0.1, 0.15) is 33.4 Å². The highest BCUT2D eigenvalue weighted by atomic mass is 31.2. The van der Waals surface area contributed by atoms with Gasteiger partial charge in [0.1, 0.15) is 0 Å². The third-order valence-corrected chi connectivity index (χ3v) is 17.6. The molecule has 0 amide bonds. The minimum absolute atomic E-state index is 1.22. The van der Waals surface area contributed by atoms with Gasteiger partial charge in [0.2, 0.25) is 0 Å². The summed E-state index contributed by atoms with van der Waals surface area (Å²) in [6.07, 6.45) is 10.7. The van der Waals surface area contributed by atoms with Gasteiger partial charge in [0, 0.05) is 0 Å². The Kier molecular flexibility index (Phi) is 7.48. The van der Waals surface area contributed by atoms with E-state index < -0.39 is 13.8 Å². The number of hydrogen-bond donors (Lipinski definition) is 0. The van der Waals surface area contributed by atoms with Gasteiger partial charge in [-0.15, -0.1) is 0 Å². The van der Waals surface area contributed by atoms with Crippen molar-refractivity contribution in [2.24, 2.45) is 0 Å². The van der Waals surface area contributed by atoms with Gasteiger partial charge in [-0.1, -0.05) is 195 Å². The molecule has 9 rings (SSSR count). The van der Waals surface area contributed by atoms with Crippen LogP contribution in [0.15, 0.2) is 194 Å². The van der Waals surface area contributed by atoms with Crippen LogP contribution < -0.4 is 21.2 Å². The van der Waals surface area contributed by atoms with Crippen LogP contribution in [0.25, 0.3) is 21.8 Å². The first-order valence-electron chi connectivity index (χ1n) is 17.1. The van der Waals surface area contributed by atoms with Gasteiger partial charge in [-0.25, -0.2) is 0 Å². The van der Waals surface area contributed by atoms with E-state index in [0.717, 1.165) is 0 Å². The summed E-state index contributed by atoms with van der Waals surface area (Å²) in [7, 11) is 0. The van der Waals surface area contributed by atoms with Gasteiger partial charge < -0.3 is 0 Å². The largest absolute Gasteiger partial charge is 0.0886 e. The summed E-state index contributed by atoms with van der Waals surface area (Å²) in [6.45, 7) is -4.75. The Labute approximate surface area is 295 Å². The van der Waals surface area contributed by atoms with Gasteiger partial charge in [0.05, 0.1) is 0 Å². The van der Waals surface area contributed by atoms with Gasteiger partial charge >= 0.3 is 0 Å². The highest BCUT2D eigenvalue weighted by Gasteiger charge is 2.43. The maximum Gasteiger partial charge on any atom is -0.000882 e. The van der Waals surface area contributed by atoms with Crippen molar-refractivity contribution in [3.8, 4) is 0 Å². The standard InChI is InChI=1S/C48H36P2/c1-49(39-29-17-7-18-30-39)43-33-42-44(34-41(43)45(35-21-9-3-10-22-35)47(49)37-25-13-5-14-26-37)50(2,40-31-19-8-20-32-40)48(38-27-15-6-16-28-38)46(42)36-23-11-4-12-24-36/h3-34H,1-2H2.